The number of aromatic hydroxyl groups is 1. The molecule has 1 heterocycles. The highest BCUT2D eigenvalue weighted by molar-refractivity contribution is 5.77. The van der Waals surface area contributed by atoms with Crippen LogP contribution in [0.5, 0.6) is 5.75 Å². The maximum absolute atomic E-state index is 11.2. The molecule has 0 bridgehead atoms. The molecule has 1 aromatic heterocycles. The van der Waals surface area contributed by atoms with E-state index in [2.05, 4.69) is 15.6 Å². The van der Waals surface area contributed by atoms with Crippen LogP contribution in [-0.2, 0) is 6.54 Å². The Balaban J connectivity index is 2.06. The lowest BCUT2D eigenvalue weighted by molar-refractivity contribution is 0.240. The third-order valence-corrected chi connectivity index (χ3v) is 3.46. The monoisotopic (exact) mass is 312 g/mol. The van der Waals surface area contributed by atoms with Crippen molar-refractivity contribution in [3.05, 3.63) is 47.5 Å². The molecule has 8 heteroatoms. The molecule has 0 aliphatic rings. The summed E-state index contributed by atoms with van der Waals surface area (Å²) < 4.78 is 1.57. The number of nitrogens with one attached hydrogen (secondary N) is 2. The van der Waals surface area contributed by atoms with Crippen LogP contribution in [-0.4, -0.2) is 26.1 Å². The summed E-state index contributed by atoms with van der Waals surface area (Å²) in [6.07, 6.45) is 0. The quantitative estimate of drug-likeness (QED) is 0.328. The summed E-state index contributed by atoms with van der Waals surface area (Å²) in [5.74, 6) is 5.06. The van der Waals surface area contributed by atoms with Crippen molar-refractivity contribution in [2.24, 2.45) is 5.84 Å². The van der Waals surface area contributed by atoms with Gasteiger partial charge < -0.3 is 10.4 Å². The number of nitrogens with two attached hydrogens (primary N) is 1. The van der Waals surface area contributed by atoms with Crippen LogP contribution in [0.2, 0.25) is 0 Å². The summed E-state index contributed by atoms with van der Waals surface area (Å²) in [6.45, 7) is 2.03. The molecular weight excluding hydrogens is 296 g/mol. The van der Waals surface area contributed by atoms with Crippen molar-refractivity contribution in [1.82, 2.24) is 25.7 Å². The van der Waals surface area contributed by atoms with Gasteiger partial charge in [0.05, 0.1) is 5.52 Å². The lowest BCUT2D eigenvalue weighted by atomic mass is 10.1. The first-order valence-electron chi connectivity index (χ1n) is 6.98. The van der Waals surface area contributed by atoms with Crippen LogP contribution in [0.15, 0.2) is 36.4 Å². The fourth-order valence-corrected chi connectivity index (χ4v) is 2.40. The summed E-state index contributed by atoms with van der Waals surface area (Å²) in [5, 5.41) is 21.3. The molecule has 3 aromatic rings. The van der Waals surface area contributed by atoms with Crippen LogP contribution in [0.1, 0.15) is 11.1 Å². The summed E-state index contributed by atoms with van der Waals surface area (Å²) >= 11 is 0. The number of fused-ring (bicyclic) bond motifs is 1. The van der Waals surface area contributed by atoms with Gasteiger partial charge >= 0.3 is 6.03 Å². The number of amides is 2. The number of carbonyl (C=O) groups is 1. The normalized spacial score (nSPS) is 10.7. The van der Waals surface area contributed by atoms with Crippen LogP contribution in [0.3, 0.4) is 0 Å². The molecule has 0 aliphatic heterocycles. The number of rotatable bonds is 3. The van der Waals surface area contributed by atoms with Gasteiger partial charge in [-0.25, -0.2) is 15.3 Å². The molecule has 0 unspecified atom stereocenters. The SMILES string of the molecule is Cc1cc(CNC(=O)NN)c(O)c(-n2nnc3ccccc32)c1. The first-order chi connectivity index (χ1) is 11.1. The van der Waals surface area contributed by atoms with Gasteiger partial charge in [0.2, 0.25) is 0 Å². The predicted octanol–water partition coefficient (Wildman–Crippen LogP) is 1.11. The van der Waals surface area contributed by atoms with Crippen LogP contribution in [0.25, 0.3) is 16.7 Å². The van der Waals surface area contributed by atoms with Gasteiger partial charge in [0.1, 0.15) is 17.0 Å². The Morgan fingerprint density at radius 1 is 1.35 bits per heavy atom. The van der Waals surface area contributed by atoms with Gasteiger partial charge in [-0.2, -0.15) is 0 Å². The molecule has 118 valence electrons. The molecule has 0 fully saturated rings. The summed E-state index contributed by atoms with van der Waals surface area (Å²) in [5.41, 5.74) is 5.47. The number of nitrogens with zero attached hydrogens (tertiary/aromatic N) is 3. The number of phenols is 1. The first-order valence-corrected chi connectivity index (χ1v) is 6.98. The maximum Gasteiger partial charge on any atom is 0.329 e. The standard InChI is InChI=1S/C15H16N6O2/c1-9-6-10(8-17-15(23)18-16)14(22)13(7-9)21-12-5-3-2-4-11(12)19-20-21/h2-7,22H,8,16H2,1H3,(H2,17,18,23). The number of carbonyl (C=O) groups excluding carboxylic acids is 1. The van der Waals surface area contributed by atoms with Crippen molar-refractivity contribution in [2.75, 3.05) is 0 Å². The van der Waals surface area contributed by atoms with E-state index in [0.717, 1.165) is 16.6 Å². The Bertz CT molecular complexity index is 874. The minimum Gasteiger partial charge on any atom is -0.505 e. The Hall–Kier alpha value is -3.13. The average molecular weight is 312 g/mol. The topological polar surface area (TPSA) is 118 Å². The fourth-order valence-electron chi connectivity index (χ4n) is 2.40. The van der Waals surface area contributed by atoms with Crippen LogP contribution in [0, 0.1) is 6.92 Å². The fraction of sp³-hybridized carbons (Fsp3) is 0.133. The van der Waals surface area contributed by atoms with E-state index >= 15 is 0 Å². The molecule has 5 N–H and O–H groups in total. The van der Waals surface area contributed by atoms with Gasteiger partial charge in [-0.3, -0.25) is 5.43 Å². The summed E-state index contributed by atoms with van der Waals surface area (Å²) in [6, 6.07) is 10.5. The molecule has 0 aliphatic carbocycles. The predicted molar refractivity (Wildman–Crippen MR) is 84.8 cm³/mol. The third-order valence-electron chi connectivity index (χ3n) is 3.46. The zero-order valence-corrected chi connectivity index (χ0v) is 12.4. The Kier molecular flexibility index (Phi) is 3.82. The molecule has 2 amide bonds. The van der Waals surface area contributed by atoms with E-state index in [-0.39, 0.29) is 12.3 Å². The maximum atomic E-state index is 11.2. The molecule has 0 saturated heterocycles. The van der Waals surface area contributed by atoms with Crippen molar-refractivity contribution >= 4 is 17.1 Å². The van der Waals surface area contributed by atoms with Gasteiger partial charge in [0.25, 0.3) is 0 Å². The molecule has 0 atom stereocenters. The second-order valence-electron chi connectivity index (χ2n) is 5.11. The van der Waals surface area contributed by atoms with Crippen LogP contribution >= 0.6 is 0 Å². The number of hydrazine groups is 1. The second kappa shape index (κ2) is 5.93. The lowest BCUT2D eigenvalue weighted by Crippen LogP contribution is -2.39. The summed E-state index contributed by atoms with van der Waals surface area (Å²) in [7, 11) is 0. The Morgan fingerprint density at radius 3 is 2.91 bits per heavy atom. The van der Waals surface area contributed by atoms with Gasteiger partial charge in [-0.05, 0) is 30.7 Å². The van der Waals surface area contributed by atoms with E-state index in [1.54, 1.807) is 10.7 Å². The minimum absolute atomic E-state index is 0.0311. The molecule has 0 spiro atoms. The molecule has 0 saturated carbocycles. The number of hydrogen-bond acceptors (Lipinski definition) is 5. The average Bonchev–Trinajstić information content (AvgIpc) is 2.98. The number of aryl methyl sites for hydroxylation is 1. The highest BCUT2D eigenvalue weighted by atomic mass is 16.3. The zero-order chi connectivity index (χ0) is 16.4. The van der Waals surface area contributed by atoms with E-state index in [9.17, 15) is 9.90 Å². The van der Waals surface area contributed by atoms with Gasteiger partial charge in [0.15, 0.2) is 0 Å². The van der Waals surface area contributed by atoms with Gasteiger partial charge in [-0.15, -0.1) is 5.10 Å². The largest absolute Gasteiger partial charge is 0.505 e. The number of hydrogen-bond donors (Lipinski definition) is 4. The lowest BCUT2D eigenvalue weighted by Gasteiger charge is -2.12. The summed E-state index contributed by atoms with van der Waals surface area (Å²) in [4.78, 5) is 11.2. The molecule has 23 heavy (non-hydrogen) atoms. The molecule has 2 aromatic carbocycles. The number of benzene rings is 2. The van der Waals surface area contributed by atoms with Crippen LogP contribution in [0.4, 0.5) is 4.79 Å². The third kappa shape index (κ3) is 2.79. The minimum atomic E-state index is -0.529. The number of phenolic OH excluding ortho intramolecular Hbond substituents is 1. The van der Waals surface area contributed by atoms with Crippen molar-refractivity contribution < 1.29 is 9.90 Å². The van der Waals surface area contributed by atoms with Crippen molar-refractivity contribution in [1.29, 1.82) is 0 Å². The number of aromatic nitrogens is 3. The van der Waals surface area contributed by atoms with E-state index in [4.69, 9.17) is 5.84 Å². The van der Waals surface area contributed by atoms with E-state index in [0.29, 0.717) is 11.3 Å². The van der Waals surface area contributed by atoms with Gasteiger partial charge in [-0.1, -0.05) is 23.4 Å². The first kappa shape index (κ1) is 14.8. The molecule has 0 radical (unpaired) electrons. The smallest absolute Gasteiger partial charge is 0.329 e. The number of urea groups is 1. The highest BCUT2D eigenvalue weighted by Crippen LogP contribution is 2.29. The van der Waals surface area contributed by atoms with Crippen molar-refractivity contribution in [2.45, 2.75) is 13.5 Å². The van der Waals surface area contributed by atoms with Crippen LogP contribution < -0.4 is 16.6 Å². The molecule has 8 nitrogen and oxygen atoms in total. The van der Waals surface area contributed by atoms with E-state index in [1.807, 2.05) is 42.7 Å². The highest BCUT2D eigenvalue weighted by Gasteiger charge is 2.14. The molecular formula is C15H16N6O2. The van der Waals surface area contributed by atoms with Crippen molar-refractivity contribution in [3.8, 4) is 11.4 Å². The second-order valence-corrected chi connectivity index (χ2v) is 5.11. The van der Waals surface area contributed by atoms with Gasteiger partial charge in [0, 0.05) is 12.1 Å². The number of para-hydroxylation sites is 1. The van der Waals surface area contributed by atoms with E-state index < -0.39 is 6.03 Å². The molecule has 3 rings (SSSR count). The zero-order valence-electron chi connectivity index (χ0n) is 12.4. The van der Waals surface area contributed by atoms with Crippen molar-refractivity contribution in [3.63, 3.8) is 0 Å². The van der Waals surface area contributed by atoms with E-state index in [1.165, 1.54) is 0 Å². The Morgan fingerprint density at radius 2 is 2.13 bits per heavy atom. The Labute approximate surface area is 131 Å².